The van der Waals surface area contributed by atoms with Gasteiger partial charge in [-0.15, -0.1) is 0 Å². The maximum atomic E-state index is 5.08. The Balaban J connectivity index is 2.15. The number of hydrogen-bond acceptors (Lipinski definition) is 2. The summed E-state index contributed by atoms with van der Waals surface area (Å²) in [6.45, 7) is 4.21. The van der Waals surface area contributed by atoms with E-state index in [9.17, 15) is 0 Å². The first-order chi connectivity index (χ1) is 7.66. The topological polar surface area (TPSA) is 25.2 Å². The van der Waals surface area contributed by atoms with Crippen LogP contribution in [0.2, 0.25) is 0 Å². The molecule has 0 aliphatic heterocycles. The number of nitrogens with one attached hydrogen (secondary N) is 1. The normalized spacial score (nSPS) is 12.4. The van der Waals surface area contributed by atoms with Gasteiger partial charge in [-0.25, -0.2) is 0 Å². The highest BCUT2D eigenvalue weighted by Gasteiger charge is 2.07. The average molecular weight is 280 g/mol. The molecule has 0 spiro atoms. The zero-order valence-corrected chi connectivity index (χ0v) is 10.9. The van der Waals surface area contributed by atoms with Crippen molar-refractivity contribution in [2.45, 2.75) is 19.9 Å². The largest absolute Gasteiger partial charge is 0.472 e. The van der Waals surface area contributed by atoms with Crippen LogP contribution < -0.4 is 5.32 Å². The number of benzene rings is 1. The molecule has 1 N–H and O–H groups in total. The van der Waals surface area contributed by atoms with Gasteiger partial charge in [-0.05, 0) is 43.7 Å². The molecule has 84 valence electrons. The summed E-state index contributed by atoms with van der Waals surface area (Å²) in [5.41, 5.74) is 3.53. The molecule has 3 heteroatoms. The molecule has 0 amide bonds. The first-order valence-corrected chi connectivity index (χ1v) is 6.01. The van der Waals surface area contributed by atoms with Crippen molar-refractivity contribution in [1.82, 2.24) is 0 Å². The van der Waals surface area contributed by atoms with E-state index in [1.54, 1.807) is 12.5 Å². The van der Waals surface area contributed by atoms with Gasteiger partial charge in [0.1, 0.15) is 0 Å². The Bertz CT molecular complexity index is 465. The molecule has 0 saturated carbocycles. The standard InChI is InChI=1S/C13H14BrNO/c1-9-7-12(14)3-4-13(9)15-10(2)11-5-6-16-8-11/h3-8,10,15H,1-2H3. The minimum Gasteiger partial charge on any atom is -0.472 e. The van der Waals surface area contributed by atoms with Crippen LogP contribution in [-0.4, -0.2) is 0 Å². The Morgan fingerprint density at radius 1 is 1.31 bits per heavy atom. The molecule has 0 fully saturated rings. The number of furan rings is 1. The molecule has 1 aromatic carbocycles. The van der Waals surface area contributed by atoms with Crippen molar-refractivity contribution in [3.05, 3.63) is 52.4 Å². The molecular formula is C13H14BrNO. The van der Waals surface area contributed by atoms with Gasteiger partial charge in [0.25, 0.3) is 0 Å². The minimum atomic E-state index is 0.249. The molecule has 0 bridgehead atoms. The second-order valence-electron chi connectivity index (χ2n) is 3.88. The van der Waals surface area contributed by atoms with Gasteiger partial charge in [0.15, 0.2) is 0 Å². The molecule has 0 radical (unpaired) electrons. The summed E-state index contributed by atoms with van der Waals surface area (Å²) in [6, 6.07) is 8.45. The smallest absolute Gasteiger partial charge is 0.0955 e. The Kier molecular flexibility index (Phi) is 3.34. The highest BCUT2D eigenvalue weighted by Crippen LogP contribution is 2.24. The van der Waals surface area contributed by atoms with E-state index in [2.05, 4.69) is 47.2 Å². The SMILES string of the molecule is Cc1cc(Br)ccc1NC(C)c1ccoc1. The van der Waals surface area contributed by atoms with Crippen molar-refractivity contribution in [2.75, 3.05) is 5.32 Å². The third-order valence-corrected chi connectivity index (χ3v) is 3.10. The molecule has 1 unspecified atom stereocenters. The van der Waals surface area contributed by atoms with E-state index in [0.29, 0.717) is 0 Å². The number of rotatable bonds is 3. The fraction of sp³-hybridized carbons (Fsp3) is 0.231. The van der Waals surface area contributed by atoms with Gasteiger partial charge in [-0.1, -0.05) is 15.9 Å². The molecule has 16 heavy (non-hydrogen) atoms. The second-order valence-corrected chi connectivity index (χ2v) is 4.80. The summed E-state index contributed by atoms with van der Waals surface area (Å²) in [4.78, 5) is 0. The summed E-state index contributed by atoms with van der Waals surface area (Å²) in [5, 5.41) is 3.46. The van der Waals surface area contributed by atoms with Gasteiger partial charge < -0.3 is 9.73 Å². The molecule has 1 heterocycles. The maximum Gasteiger partial charge on any atom is 0.0955 e. The quantitative estimate of drug-likeness (QED) is 0.894. The van der Waals surface area contributed by atoms with E-state index in [-0.39, 0.29) is 6.04 Å². The van der Waals surface area contributed by atoms with Crippen LogP contribution in [0.1, 0.15) is 24.1 Å². The van der Waals surface area contributed by atoms with E-state index in [1.165, 1.54) is 5.56 Å². The van der Waals surface area contributed by atoms with Crippen LogP contribution in [0, 0.1) is 6.92 Å². The van der Waals surface area contributed by atoms with Gasteiger partial charge in [0.2, 0.25) is 0 Å². The van der Waals surface area contributed by atoms with Gasteiger partial charge in [-0.3, -0.25) is 0 Å². The molecule has 2 aromatic rings. The maximum absolute atomic E-state index is 5.08. The average Bonchev–Trinajstić information content (AvgIpc) is 2.75. The lowest BCUT2D eigenvalue weighted by Crippen LogP contribution is -2.06. The van der Waals surface area contributed by atoms with Crippen LogP contribution in [0.25, 0.3) is 0 Å². The predicted molar refractivity (Wildman–Crippen MR) is 69.6 cm³/mol. The lowest BCUT2D eigenvalue weighted by atomic mass is 10.1. The van der Waals surface area contributed by atoms with E-state index < -0.39 is 0 Å². The lowest BCUT2D eigenvalue weighted by molar-refractivity contribution is 0.562. The van der Waals surface area contributed by atoms with Crippen molar-refractivity contribution in [2.24, 2.45) is 0 Å². The van der Waals surface area contributed by atoms with Crippen LogP contribution >= 0.6 is 15.9 Å². The molecule has 1 aromatic heterocycles. The Labute approximate surface area is 104 Å². The molecule has 1 atom stereocenters. The lowest BCUT2D eigenvalue weighted by Gasteiger charge is -2.15. The van der Waals surface area contributed by atoms with Crippen LogP contribution in [0.3, 0.4) is 0 Å². The van der Waals surface area contributed by atoms with E-state index in [1.807, 2.05) is 12.1 Å². The summed E-state index contributed by atoms with van der Waals surface area (Å²) < 4.78 is 6.18. The second kappa shape index (κ2) is 4.74. The molecule has 2 rings (SSSR count). The Hall–Kier alpha value is -1.22. The van der Waals surface area contributed by atoms with Crippen molar-refractivity contribution in [3.8, 4) is 0 Å². The summed E-state index contributed by atoms with van der Waals surface area (Å²) in [7, 11) is 0. The zero-order valence-electron chi connectivity index (χ0n) is 9.33. The van der Waals surface area contributed by atoms with Gasteiger partial charge in [0, 0.05) is 15.7 Å². The molecule has 0 aliphatic carbocycles. The minimum absolute atomic E-state index is 0.249. The summed E-state index contributed by atoms with van der Waals surface area (Å²) in [5.74, 6) is 0. The Morgan fingerprint density at radius 2 is 2.12 bits per heavy atom. The van der Waals surface area contributed by atoms with Gasteiger partial charge in [-0.2, -0.15) is 0 Å². The Morgan fingerprint density at radius 3 is 2.75 bits per heavy atom. The number of hydrogen-bond donors (Lipinski definition) is 1. The van der Waals surface area contributed by atoms with E-state index in [4.69, 9.17) is 4.42 Å². The van der Waals surface area contributed by atoms with Crippen molar-refractivity contribution < 1.29 is 4.42 Å². The van der Waals surface area contributed by atoms with Crippen LogP contribution in [0.5, 0.6) is 0 Å². The fourth-order valence-electron chi connectivity index (χ4n) is 1.63. The van der Waals surface area contributed by atoms with E-state index in [0.717, 1.165) is 15.7 Å². The monoisotopic (exact) mass is 279 g/mol. The number of anilines is 1. The van der Waals surface area contributed by atoms with Gasteiger partial charge in [0.05, 0.1) is 18.6 Å². The number of aryl methyl sites for hydroxylation is 1. The van der Waals surface area contributed by atoms with Crippen molar-refractivity contribution in [1.29, 1.82) is 0 Å². The fourth-order valence-corrected chi connectivity index (χ4v) is 2.10. The predicted octanol–water partition coefficient (Wildman–Crippen LogP) is 4.52. The molecule has 0 saturated heterocycles. The molecule has 2 nitrogen and oxygen atoms in total. The summed E-state index contributed by atoms with van der Waals surface area (Å²) in [6.07, 6.45) is 3.47. The third kappa shape index (κ3) is 2.47. The van der Waals surface area contributed by atoms with E-state index >= 15 is 0 Å². The van der Waals surface area contributed by atoms with Gasteiger partial charge >= 0.3 is 0 Å². The van der Waals surface area contributed by atoms with Crippen LogP contribution in [0.4, 0.5) is 5.69 Å². The number of halogens is 1. The molecular weight excluding hydrogens is 266 g/mol. The first-order valence-electron chi connectivity index (χ1n) is 5.21. The first kappa shape index (κ1) is 11.3. The van der Waals surface area contributed by atoms with Crippen LogP contribution in [-0.2, 0) is 0 Å². The van der Waals surface area contributed by atoms with Crippen molar-refractivity contribution >= 4 is 21.6 Å². The highest BCUT2D eigenvalue weighted by atomic mass is 79.9. The third-order valence-electron chi connectivity index (χ3n) is 2.60. The highest BCUT2D eigenvalue weighted by molar-refractivity contribution is 9.10. The van der Waals surface area contributed by atoms with Crippen LogP contribution in [0.15, 0.2) is 45.7 Å². The summed E-state index contributed by atoms with van der Waals surface area (Å²) >= 11 is 3.46. The van der Waals surface area contributed by atoms with Crippen molar-refractivity contribution in [3.63, 3.8) is 0 Å². The molecule has 0 aliphatic rings. The zero-order chi connectivity index (χ0) is 11.5.